The van der Waals surface area contributed by atoms with Crippen molar-refractivity contribution in [2.75, 3.05) is 0 Å². The second-order valence-corrected chi connectivity index (χ2v) is 5.65. The van der Waals surface area contributed by atoms with Gasteiger partial charge in [-0.1, -0.05) is 34.8 Å². The Morgan fingerprint density at radius 2 is 1.05 bits per heavy atom. The van der Waals surface area contributed by atoms with E-state index in [1.54, 1.807) is 0 Å². The Labute approximate surface area is 139 Å². The van der Waals surface area contributed by atoms with Gasteiger partial charge in [-0.15, -0.1) is 0 Å². The first kappa shape index (κ1) is 18.8. The van der Waals surface area contributed by atoms with Crippen LogP contribution in [0.5, 0.6) is 0 Å². The van der Waals surface area contributed by atoms with Gasteiger partial charge in [-0.2, -0.15) is 17.6 Å². The monoisotopic (exact) mass is 404 g/mol. The van der Waals surface area contributed by atoms with E-state index in [-0.39, 0.29) is 0 Å². The van der Waals surface area contributed by atoms with E-state index in [2.05, 4.69) is 23.2 Å². The minimum Gasteiger partial charge on any atom is -0.286 e. The van der Waals surface area contributed by atoms with E-state index in [1.165, 1.54) is 0 Å². The molecule has 0 radical (unpaired) electrons. The largest absolute Gasteiger partial charge is 0.384 e. The number of carbonyl (C=O) groups excluding carboxylic acids is 2. The van der Waals surface area contributed by atoms with Crippen LogP contribution in [0.2, 0.25) is 15.1 Å². The van der Waals surface area contributed by atoms with Crippen LogP contribution in [0.25, 0.3) is 0 Å². The van der Waals surface area contributed by atoms with Gasteiger partial charge in [-0.05, 0) is 29.3 Å². The molecule has 1 rings (SSSR count). The molecule has 0 saturated carbocycles. The second kappa shape index (κ2) is 6.08. The second-order valence-electron chi connectivity index (χ2n) is 3.57. The molecule has 1 aromatic rings. The molecule has 0 heterocycles. The SMILES string of the molecule is O=C(c1cc(C(=O)C(F)(F)Cl)c(Cl)c(Cl)c1Cl)C(F)(F)Cl. The molecule has 0 aliphatic carbocycles. The maximum absolute atomic E-state index is 12.8. The van der Waals surface area contributed by atoms with Crippen LogP contribution >= 0.6 is 58.0 Å². The molecule has 0 fully saturated rings. The minimum absolute atomic E-state index is 0.327. The predicted octanol–water partition coefficient (Wildman–Crippen LogP) is 5.68. The van der Waals surface area contributed by atoms with E-state index < -0.39 is 48.5 Å². The molecule has 0 spiro atoms. The lowest BCUT2D eigenvalue weighted by Crippen LogP contribution is -2.25. The lowest BCUT2D eigenvalue weighted by atomic mass is 10.0. The van der Waals surface area contributed by atoms with Crippen molar-refractivity contribution in [3.63, 3.8) is 0 Å². The first-order valence-electron chi connectivity index (χ1n) is 4.69. The third kappa shape index (κ3) is 3.93. The Kier molecular flexibility index (Phi) is 5.44. The van der Waals surface area contributed by atoms with Crippen LogP contribution in [0, 0.1) is 0 Å². The summed E-state index contributed by atoms with van der Waals surface area (Å²) >= 11 is 25.6. The number of carbonyl (C=O) groups is 2. The average molecular weight is 406 g/mol. The topological polar surface area (TPSA) is 34.1 Å². The van der Waals surface area contributed by atoms with Crippen molar-refractivity contribution in [1.82, 2.24) is 0 Å². The number of alkyl halides is 6. The van der Waals surface area contributed by atoms with Gasteiger partial charge >= 0.3 is 10.8 Å². The van der Waals surface area contributed by atoms with Gasteiger partial charge < -0.3 is 0 Å². The molecule has 0 aromatic heterocycles. The van der Waals surface area contributed by atoms with Crippen LogP contribution in [-0.2, 0) is 0 Å². The van der Waals surface area contributed by atoms with Crippen molar-refractivity contribution in [1.29, 1.82) is 0 Å². The molecule has 0 saturated heterocycles. The number of ketones is 2. The zero-order valence-corrected chi connectivity index (χ0v) is 13.1. The standard InChI is InChI=1S/C10HCl5F4O2/c11-4-2(7(20)9(14,16)17)1-3(5(12)6(4)13)8(21)10(15,18)19/h1H. The van der Waals surface area contributed by atoms with Gasteiger partial charge in [-0.3, -0.25) is 9.59 Å². The van der Waals surface area contributed by atoms with E-state index in [9.17, 15) is 27.2 Å². The van der Waals surface area contributed by atoms with Gasteiger partial charge in [0, 0.05) is 11.1 Å². The number of rotatable bonds is 4. The average Bonchev–Trinajstić information content (AvgIpc) is 2.32. The molecule has 116 valence electrons. The fraction of sp³-hybridized carbons (Fsp3) is 0.200. The summed E-state index contributed by atoms with van der Waals surface area (Å²) in [5, 5.41) is -11.0. The Bertz CT molecular complexity index is 571. The Morgan fingerprint density at radius 3 is 1.29 bits per heavy atom. The summed E-state index contributed by atoms with van der Waals surface area (Å²) in [6.45, 7) is 0. The fourth-order valence-corrected chi connectivity index (χ4v) is 2.17. The number of halogens is 9. The van der Waals surface area contributed by atoms with Gasteiger partial charge in [0.25, 0.3) is 0 Å². The van der Waals surface area contributed by atoms with E-state index >= 15 is 0 Å². The van der Waals surface area contributed by atoms with E-state index in [1.807, 2.05) is 0 Å². The van der Waals surface area contributed by atoms with E-state index in [4.69, 9.17) is 34.8 Å². The first-order chi connectivity index (χ1) is 9.28. The summed E-state index contributed by atoms with van der Waals surface area (Å²) in [5.74, 6) is -4.08. The highest BCUT2D eigenvalue weighted by Gasteiger charge is 2.42. The van der Waals surface area contributed by atoms with Crippen molar-refractivity contribution in [3.05, 3.63) is 32.3 Å². The molecule has 0 atom stereocenters. The smallest absolute Gasteiger partial charge is 0.286 e. The van der Waals surface area contributed by atoms with Crippen molar-refractivity contribution < 1.29 is 27.2 Å². The zero-order valence-electron chi connectivity index (χ0n) is 9.30. The Morgan fingerprint density at radius 1 is 0.762 bits per heavy atom. The van der Waals surface area contributed by atoms with E-state index in [0.717, 1.165) is 0 Å². The maximum atomic E-state index is 12.8. The quantitative estimate of drug-likeness (QED) is 0.279. The van der Waals surface area contributed by atoms with Crippen LogP contribution in [0.1, 0.15) is 20.7 Å². The number of hydrogen-bond donors (Lipinski definition) is 0. The molecule has 0 aliphatic rings. The van der Waals surface area contributed by atoms with Crippen molar-refractivity contribution in [2.24, 2.45) is 0 Å². The molecule has 0 N–H and O–H groups in total. The Balaban J connectivity index is 3.62. The molecule has 0 aliphatic heterocycles. The van der Waals surface area contributed by atoms with Crippen LogP contribution in [0.15, 0.2) is 6.07 Å². The van der Waals surface area contributed by atoms with Gasteiger partial charge in [0.05, 0.1) is 15.1 Å². The van der Waals surface area contributed by atoms with Crippen molar-refractivity contribution in [2.45, 2.75) is 10.8 Å². The maximum Gasteiger partial charge on any atom is 0.384 e. The fourth-order valence-electron chi connectivity index (χ4n) is 1.24. The summed E-state index contributed by atoms with van der Waals surface area (Å²) in [6, 6.07) is 0.327. The van der Waals surface area contributed by atoms with Gasteiger partial charge in [0.1, 0.15) is 0 Å². The summed E-state index contributed by atoms with van der Waals surface area (Å²) in [6.07, 6.45) is 0. The lowest BCUT2D eigenvalue weighted by molar-refractivity contribution is 0.0528. The number of Topliss-reactive ketones (excluding diaryl/α,β-unsaturated/α-hetero) is 2. The zero-order chi connectivity index (χ0) is 16.7. The highest BCUT2D eigenvalue weighted by Crippen LogP contribution is 2.40. The van der Waals surface area contributed by atoms with Crippen LogP contribution in [-0.4, -0.2) is 22.3 Å². The first-order valence-corrected chi connectivity index (χ1v) is 6.58. The molecule has 0 bridgehead atoms. The predicted molar refractivity (Wildman–Crippen MR) is 71.7 cm³/mol. The van der Waals surface area contributed by atoms with Crippen LogP contribution in [0.4, 0.5) is 17.6 Å². The number of hydrogen-bond acceptors (Lipinski definition) is 2. The lowest BCUT2D eigenvalue weighted by Gasteiger charge is -2.14. The van der Waals surface area contributed by atoms with E-state index in [0.29, 0.717) is 6.07 Å². The molecule has 11 heteroatoms. The van der Waals surface area contributed by atoms with Crippen LogP contribution in [0.3, 0.4) is 0 Å². The summed E-state index contributed by atoms with van der Waals surface area (Å²) in [5.41, 5.74) is -2.09. The molecular weight excluding hydrogens is 405 g/mol. The van der Waals surface area contributed by atoms with Gasteiger partial charge in [0.15, 0.2) is 0 Å². The molecule has 0 amide bonds. The third-order valence-electron chi connectivity index (χ3n) is 2.15. The third-order valence-corrected chi connectivity index (χ3v) is 3.85. The minimum atomic E-state index is -4.38. The molecule has 2 nitrogen and oxygen atoms in total. The van der Waals surface area contributed by atoms with Crippen LogP contribution < -0.4 is 0 Å². The molecule has 21 heavy (non-hydrogen) atoms. The van der Waals surface area contributed by atoms with Crippen molar-refractivity contribution in [3.8, 4) is 0 Å². The molecule has 0 unspecified atom stereocenters. The van der Waals surface area contributed by atoms with Gasteiger partial charge in [-0.25, -0.2) is 0 Å². The summed E-state index contributed by atoms with van der Waals surface area (Å²) in [7, 11) is 0. The van der Waals surface area contributed by atoms with Crippen molar-refractivity contribution >= 4 is 69.6 Å². The molecular formula is C10HCl5F4O2. The number of benzene rings is 1. The highest BCUT2D eigenvalue weighted by atomic mass is 35.5. The highest BCUT2D eigenvalue weighted by molar-refractivity contribution is 6.52. The molecule has 1 aromatic carbocycles. The summed E-state index contributed by atoms with van der Waals surface area (Å²) < 4.78 is 51.2. The summed E-state index contributed by atoms with van der Waals surface area (Å²) in [4.78, 5) is 22.8. The normalized spacial score (nSPS) is 12.4. The van der Waals surface area contributed by atoms with Gasteiger partial charge in [0.2, 0.25) is 11.6 Å². The Hall–Kier alpha value is -0.270.